The molecular formula is C18H22N4O2. The van der Waals surface area contributed by atoms with Crippen LogP contribution in [-0.2, 0) is 4.74 Å². The molecule has 2 heterocycles. The van der Waals surface area contributed by atoms with E-state index in [2.05, 4.69) is 20.2 Å². The molecule has 1 aromatic carbocycles. The number of anilines is 3. The van der Waals surface area contributed by atoms with Crippen molar-refractivity contribution in [3.63, 3.8) is 0 Å². The standard InChI is InChI=1S/C18H22N4O2/c1-13-12-16(21-18(19-13)22-10-4-3-5-11-22)20-15-8-6-14(7-9-15)17(23)24-2/h6-9,12H,3-5,10-11H2,1-2H3,(H,19,20,21). The second-order valence-electron chi connectivity index (χ2n) is 5.94. The molecule has 24 heavy (non-hydrogen) atoms. The minimum atomic E-state index is -0.341. The Morgan fingerprint density at radius 2 is 1.83 bits per heavy atom. The van der Waals surface area contributed by atoms with Crippen LogP contribution in [0.4, 0.5) is 17.5 Å². The third kappa shape index (κ3) is 3.82. The highest BCUT2D eigenvalue weighted by molar-refractivity contribution is 5.89. The van der Waals surface area contributed by atoms with Gasteiger partial charge in [0.05, 0.1) is 12.7 Å². The molecule has 2 aromatic rings. The minimum Gasteiger partial charge on any atom is -0.465 e. The SMILES string of the molecule is COC(=O)c1ccc(Nc2cc(C)nc(N3CCCCC3)n2)cc1. The Morgan fingerprint density at radius 3 is 2.50 bits per heavy atom. The zero-order valence-corrected chi connectivity index (χ0v) is 14.1. The molecule has 1 N–H and O–H groups in total. The molecule has 1 aliphatic rings. The van der Waals surface area contributed by atoms with Gasteiger partial charge in [-0.3, -0.25) is 0 Å². The number of nitrogens with one attached hydrogen (secondary N) is 1. The summed E-state index contributed by atoms with van der Waals surface area (Å²) in [5.41, 5.74) is 2.32. The number of nitrogens with zero attached hydrogens (tertiary/aromatic N) is 3. The molecule has 1 aliphatic heterocycles. The van der Waals surface area contributed by atoms with Crippen LogP contribution in [0.1, 0.15) is 35.3 Å². The lowest BCUT2D eigenvalue weighted by Crippen LogP contribution is -2.31. The van der Waals surface area contributed by atoms with E-state index in [0.717, 1.165) is 36.2 Å². The maximum atomic E-state index is 11.5. The van der Waals surface area contributed by atoms with Crippen LogP contribution in [0.2, 0.25) is 0 Å². The first-order valence-corrected chi connectivity index (χ1v) is 8.22. The maximum absolute atomic E-state index is 11.5. The maximum Gasteiger partial charge on any atom is 0.337 e. The summed E-state index contributed by atoms with van der Waals surface area (Å²) in [4.78, 5) is 22.9. The first-order valence-electron chi connectivity index (χ1n) is 8.22. The summed E-state index contributed by atoms with van der Waals surface area (Å²) < 4.78 is 4.71. The molecule has 0 spiro atoms. The molecule has 0 aliphatic carbocycles. The zero-order chi connectivity index (χ0) is 16.9. The lowest BCUT2D eigenvalue weighted by atomic mass is 10.1. The third-order valence-corrected chi connectivity index (χ3v) is 4.06. The van der Waals surface area contributed by atoms with Crippen LogP contribution in [0.25, 0.3) is 0 Å². The Labute approximate surface area is 141 Å². The molecule has 0 saturated carbocycles. The summed E-state index contributed by atoms with van der Waals surface area (Å²) in [6.07, 6.45) is 3.66. The number of esters is 1. The van der Waals surface area contributed by atoms with Crippen LogP contribution in [0, 0.1) is 6.92 Å². The van der Waals surface area contributed by atoms with Crippen molar-refractivity contribution >= 4 is 23.4 Å². The second kappa shape index (κ2) is 7.29. The van der Waals surface area contributed by atoms with E-state index in [0.29, 0.717) is 5.56 Å². The van der Waals surface area contributed by atoms with Crippen molar-refractivity contribution in [1.82, 2.24) is 9.97 Å². The Bertz CT molecular complexity index is 709. The highest BCUT2D eigenvalue weighted by atomic mass is 16.5. The van der Waals surface area contributed by atoms with Crippen molar-refractivity contribution in [2.45, 2.75) is 26.2 Å². The number of carbonyl (C=O) groups excluding carboxylic acids is 1. The molecule has 6 heteroatoms. The van der Waals surface area contributed by atoms with Crippen LogP contribution in [0.15, 0.2) is 30.3 Å². The van der Waals surface area contributed by atoms with E-state index in [1.54, 1.807) is 12.1 Å². The highest BCUT2D eigenvalue weighted by Gasteiger charge is 2.14. The smallest absolute Gasteiger partial charge is 0.337 e. The fourth-order valence-corrected chi connectivity index (χ4v) is 2.81. The molecule has 0 radical (unpaired) electrons. The molecule has 3 rings (SSSR count). The van der Waals surface area contributed by atoms with Gasteiger partial charge in [-0.25, -0.2) is 9.78 Å². The van der Waals surface area contributed by atoms with Crippen molar-refractivity contribution in [2.24, 2.45) is 0 Å². The van der Waals surface area contributed by atoms with Gasteiger partial charge in [0.25, 0.3) is 0 Å². The largest absolute Gasteiger partial charge is 0.465 e. The molecule has 0 unspecified atom stereocenters. The van der Waals surface area contributed by atoms with Crippen LogP contribution in [0.5, 0.6) is 0 Å². The number of hydrogen-bond acceptors (Lipinski definition) is 6. The van der Waals surface area contributed by atoms with Gasteiger partial charge in [-0.1, -0.05) is 0 Å². The molecule has 1 aromatic heterocycles. The van der Waals surface area contributed by atoms with Gasteiger partial charge in [0.1, 0.15) is 5.82 Å². The fraction of sp³-hybridized carbons (Fsp3) is 0.389. The van der Waals surface area contributed by atoms with Crippen molar-refractivity contribution in [3.8, 4) is 0 Å². The van der Waals surface area contributed by atoms with E-state index < -0.39 is 0 Å². The van der Waals surface area contributed by atoms with Gasteiger partial charge in [-0.15, -0.1) is 0 Å². The molecule has 1 saturated heterocycles. The number of benzene rings is 1. The van der Waals surface area contributed by atoms with E-state index in [1.807, 2.05) is 25.1 Å². The molecule has 126 valence electrons. The Hall–Kier alpha value is -2.63. The van der Waals surface area contributed by atoms with E-state index in [4.69, 9.17) is 4.74 Å². The molecule has 1 fully saturated rings. The van der Waals surface area contributed by atoms with Crippen molar-refractivity contribution in [3.05, 3.63) is 41.6 Å². The highest BCUT2D eigenvalue weighted by Crippen LogP contribution is 2.21. The number of hydrogen-bond donors (Lipinski definition) is 1. The van der Waals surface area contributed by atoms with E-state index in [9.17, 15) is 4.79 Å². The fourth-order valence-electron chi connectivity index (χ4n) is 2.81. The number of carbonyl (C=O) groups is 1. The predicted molar refractivity (Wildman–Crippen MR) is 93.9 cm³/mol. The first-order chi connectivity index (χ1) is 11.7. The Kier molecular flexibility index (Phi) is 4.93. The Balaban J connectivity index is 1.77. The summed E-state index contributed by atoms with van der Waals surface area (Å²) in [7, 11) is 1.38. The van der Waals surface area contributed by atoms with Gasteiger partial charge in [0.15, 0.2) is 0 Å². The summed E-state index contributed by atoms with van der Waals surface area (Å²) in [5, 5.41) is 3.28. The molecule has 0 atom stereocenters. The van der Waals surface area contributed by atoms with E-state index in [-0.39, 0.29) is 5.97 Å². The van der Waals surface area contributed by atoms with Crippen LogP contribution >= 0.6 is 0 Å². The monoisotopic (exact) mass is 326 g/mol. The van der Waals surface area contributed by atoms with Crippen LogP contribution in [0.3, 0.4) is 0 Å². The van der Waals surface area contributed by atoms with Crippen molar-refractivity contribution in [2.75, 3.05) is 30.4 Å². The lowest BCUT2D eigenvalue weighted by molar-refractivity contribution is 0.0601. The average Bonchev–Trinajstić information content (AvgIpc) is 2.62. The quantitative estimate of drug-likeness (QED) is 0.870. The third-order valence-electron chi connectivity index (χ3n) is 4.06. The number of piperidine rings is 1. The number of rotatable bonds is 4. The number of ether oxygens (including phenoxy) is 1. The molecule has 0 amide bonds. The topological polar surface area (TPSA) is 67.3 Å². The summed E-state index contributed by atoms with van der Waals surface area (Å²) in [5.74, 6) is 1.20. The number of methoxy groups -OCH3 is 1. The van der Waals surface area contributed by atoms with Crippen LogP contribution < -0.4 is 10.2 Å². The molecule has 0 bridgehead atoms. The van der Waals surface area contributed by atoms with Gasteiger partial charge >= 0.3 is 5.97 Å². The van der Waals surface area contributed by atoms with Gasteiger partial charge in [-0.05, 0) is 50.5 Å². The van der Waals surface area contributed by atoms with E-state index in [1.165, 1.54) is 26.4 Å². The van der Waals surface area contributed by atoms with E-state index >= 15 is 0 Å². The second-order valence-corrected chi connectivity index (χ2v) is 5.94. The van der Waals surface area contributed by atoms with Crippen molar-refractivity contribution in [1.29, 1.82) is 0 Å². The summed E-state index contributed by atoms with van der Waals surface area (Å²) in [6.45, 7) is 3.99. The van der Waals surface area contributed by atoms with Gasteiger partial charge in [0, 0.05) is 30.5 Å². The summed E-state index contributed by atoms with van der Waals surface area (Å²) >= 11 is 0. The molecular weight excluding hydrogens is 304 g/mol. The predicted octanol–water partition coefficient (Wildman–Crippen LogP) is 3.31. The lowest BCUT2D eigenvalue weighted by Gasteiger charge is -2.27. The van der Waals surface area contributed by atoms with Crippen LogP contribution in [-0.4, -0.2) is 36.1 Å². The van der Waals surface area contributed by atoms with Gasteiger partial charge in [-0.2, -0.15) is 4.98 Å². The molecule has 6 nitrogen and oxygen atoms in total. The van der Waals surface area contributed by atoms with Crippen molar-refractivity contribution < 1.29 is 9.53 Å². The normalized spacial score (nSPS) is 14.3. The number of aromatic nitrogens is 2. The zero-order valence-electron chi connectivity index (χ0n) is 14.1. The Morgan fingerprint density at radius 1 is 1.12 bits per heavy atom. The average molecular weight is 326 g/mol. The first kappa shape index (κ1) is 16.2. The van der Waals surface area contributed by atoms with Gasteiger partial charge in [0.2, 0.25) is 5.95 Å². The van der Waals surface area contributed by atoms with Gasteiger partial charge < -0.3 is 15.0 Å². The number of aryl methyl sites for hydroxylation is 1. The summed E-state index contributed by atoms with van der Waals surface area (Å²) in [6, 6.07) is 9.05. The minimum absolute atomic E-state index is 0.341.